The molecule has 0 spiro atoms. The van der Waals surface area contributed by atoms with Gasteiger partial charge in [-0.1, -0.05) is 11.6 Å². The van der Waals surface area contributed by atoms with E-state index in [1.807, 2.05) is 19.1 Å². The molecule has 1 aromatic carbocycles. The molecule has 0 atom stereocenters. The largest absolute Gasteiger partial charge is 0.758 e. The number of nitrogens with zero attached hydrogens (tertiary/aromatic N) is 1. The number of ether oxygens (including phenoxy) is 1. The van der Waals surface area contributed by atoms with E-state index >= 15 is 0 Å². The SMILES string of the molecule is COc1ccc2c(c1C)N([O-])CC=C2Cl. The van der Waals surface area contributed by atoms with Gasteiger partial charge in [-0.3, -0.25) is 0 Å². The van der Waals surface area contributed by atoms with Gasteiger partial charge < -0.3 is 15.0 Å². The summed E-state index contributed by atoms with van der Waals surface area (Å²) in [5.74, 6) is 0.709. The Morgan fingerprint density at radius 2 is 2.20 bits per heavy atom. The standard InChI is InChI=1S/C11H11ClNO2/c1-7-10(15-2)4-3-8-9(12)5-6-13(14)11(7)8/h3-5H,6H2,1-2H3/q-1. The Labute approximate surface area is 93.5 Å². The zero-order chi connectivity index (χ0) is 11.0. The minimum absolute atomic E-state index is 0.292. The highest BCUT2D eigenvalue weighted by Gasteiger charge is 2.16. The van der Waals surface area contributed by atoms with Crippen LogP contribution >= 0.6 is 11.6 Å². The number of rotatable bonds is 1. The van der Waals surface area contributed by atoms with Gasteiger partial charge >= 0.3 is 0 Å². The molecule has 1 heterocycles. The first-order chi connectivity index (χ1) is 7.15. The summed E-state index contributed by atoms with van der Waals surface area (Å²) in [5.41, 5.74) is 2.22. The van der Waals surface area contributed by atoms with Gasteiger partial charge in [0.15, 0.2) is 0 Å². The number of methoxy groups -OCH3 is 1. The molecule has 0 aromatic heterocycles. The van der Waals surface area contributed by atoms with Gasteiger partial charge in [-0.15, -0.1) is 0 Å². The molecule has 80 valence electrons. The van der Waals surface area contributed by atoms with Crippen LogP contribution < -0.4 is 9.80 Å². The van der Waals surface area contributed by atoms with Gasteiger partial charge in [-0.25, -0.2) is 0 Å². The third kappa shape index (κ3) is 1.58. The third-order valence-electron chi connectivity index (χ3n) is 2.54. The lowest BCUT2D eigenvalue weighted by molar-refractivity contribution is 0.412. The Morgan fingerprint density at radius 3 is 2.87 bits per heavy atom. The van der Waals surface area contributed by atoms with E-state index in [9.17, 15) is 5.21 Å². The van der Waals surface area contributed by atoms with Gasteiger partial charge in [-0.05, 0) is 25.1 Å². The van der Waals surface area contributed by atoms with Crippen LogP contribution in [0.3, 0.4) is 0 Å². The van der Waals surface area contributed by atoms with Crippen molar-refractivity contribution in [2.24, 2.45) is 0 Å². The van der Waals surface area contributed by atoms with E-state index in [0.29, 0.717) is 23.0 Å². The first-order valence-corrected chi connectivity index (χ1v) is 5.01. The van der Waals surface area contributed by atoms with E-state index in [-0.39, 0.29) is 0 Å². The van der Waals surface area contributed by atoms with Crippen molar-refractivity contribution in [1.82, 2.24) is 0 Å². The lowest BCUT2D eigenvalue weighted by Crippen LogP contribution is -2.20. The summed E-state index contributed by atoms with van der Waals surface area (Å²) in [6.07, 6.45) is 1.71. The van der Waals surface area contributed by atoms with Gasteiger partial charge in [-0.2, -0.15) is 0 Å². The van der Waals surface area contributed by atoms with Crippen molar-refractivity contribution in [3.63, 3.8) is 0 Å². The first kappa shape index (κ1) is 10.3. The molecule has 15 heavy (non-hydrogen) atoms. The van der Waals surface area contributed by atoms with Crippen LogP contribution in [0.4, 0.5) is 5.69 Å². The highest BCUT2D eigenvalue weighted by molar-refractivity contribution is 6.49. The van der Waals surface area contributed by atoms with Gasteiger partial charge in [0.05, 0.1) is 7.11 Å². The number of hydrogen-bond donors (Lipinski definition) is 0. The lowest BCUT2D eigenvalue weighted by atomic mass is 10.0. The molecule has 0 saturated carbocycles. The molecular formula is C11H11ClNO2-. The van der Waals surface area contributed by atoms with E-state index in [1.165, 1.54) is 0 Å². The number of hydroxylamine groups is 1. The summed E-state index contributed by atoms with van der Waals surface area (Å²) < 4.78 is 5.17. The second-order valence-corrected chi connectivity index (χ2v) is 3.81. The summed E-state index contributed by atoms with van der Waals surface area (Å²) in [7, 11) is 1.59. The summed E-state index contributed by atoms with van der Waals surface area (Å²) in [6, 6.07) is 3.63. The zero-order valence-electron chi connectivity index (χ0n) is 8.58. The van der Waals surface area contributed by atoms with E-state index in [2.05, 4.69) is 0 Å². The topological polar surface area (TPSA) is 35.5 Å². The van der Waals surface area contributed by atoms with Gasteiger partial charge in [0, 0.05) is 28.4 Å². The van der Waals surface area contributed by atoms with Crippen molar-refractivity contribution in [3.8, 4) is 5.75 Å². The lowest BCUT2D eigenvalue weighted by Gasteiger charge is -2.36. The fourth-order valence-corrected chi connectivity index (χ4v) is 2.00. The molecular weight excluding hydrogens is 214 g/mol. The van der Waals surface area contributed by atoms with Gasteiger partial charge in [0.25, 0.3) is 0 Å². The van der Waals surface area contributed by atoms with Crippen molar-refractivity contribution in [2.45, 2.75) is 6.92 Å². The molecule has 0 fully saturated rings. The summed E-state index contributed by atoms with van der Waals surface area (Å²) in [6.45, 7) is 2.15. The van der Waals surface area contributed by atoms with E-state index in [4.69, 9.17) is 16.3 Å². The minimum Gasteiger partial charge on any atom is -0.758 e. The van der Waals surface area contributed by atoms with Crippen LogP contribution in [0.5, 0.6) is 5.75 Å². The van der Waals surface area contributed by atoms with Crippen molar-refractivity contribution in [3.05, 3.63) is 34.5 Å². The molecule has 0 N–H and O–H groups in total. The molecule has 0 unspecified atom stereocenters. The Morgan fingerprint density at radius 1 is 1.47 bits per heavy atom. The molecule has 0 radical (unpaired) electrons. The molecule has 1 aliphatic rings. The van der Waals surface area contributed by atoms with Crippen LogP contribution in [0.2, 0.25) is 0 Å². The molecule has 1 aliphatic heterocycles. The van der Waals surface area contributed by atoms with Crippen LogP contribution in [0, 0.1) is 12.1 Å². The maximum atomic E-state index is 11.7. The van der Waals surface area contributed by atoms with Crippen molar-refractivity contribution in [1.29, 1.82) is 0 Å². The fourth-order valence-electron chi connectivity index (χ4n) is 1.78. The second-order valence-electron chi connectivity index (χ2n) is 3.40. The van der Waals surface area contributed by atoms with Crippen LogP contribution in [0.25, 0.3) is 5.03 Å². The van der Waals surface area contributed by atoms with E-state index < -0.39 is 0 Å². The van der Waals surface area contributed by atoms with Crippen molar-refractivity contribution in [2.75, 3.05) is 18.7 Å². The molecule has 3 nitrogen and oxygen atoms in total. The predicted molar refractivity (Wildman–Crippen MR) is 62.3 cm³/mol. The van der Waals surface area contributed by atoms with E-state index in [1.54, 1.807) is 13.2 Å². The van der Waals surface area contributed by atoms with Gasteiger partial charge in [0.1, 0.15) is 5.75 Å². The van der Waals surface area contributed by atoms with Crippen LogP contribution in [-0.2, 0) is 0 Å². The Hall–Kier alpha value is -1.19. The Kier molecular flexibility index (Phi) is 2.59. The molecule has 4 heteroatoms. The van der Waals surface area contributed by atoms with Gasteiger partial charge in [0.2, 0.25) is 0 Å². The number of fused-ring (bicyclic) bond motifs is 1. The second kappa shape index (κ2) is 3.76. The highest BCUT2D eigenvalue weighted by Crippen LogP contribution is 2.39. The quantitative estimate of drug-likeness (QED) is 0.736. The van der Waals surface area contributed by atoms with Crippen LogP contribution in [0.1, 0.15) is 11.1 Å². The number of anilines is 1. The predicted octanol–water partition coefficient (Wildman–Crippen LogP) is 2.90. The monoisotopic (exact) mass is 224 g/mol. The Bertz CT molecular complexity index is 429. The molecule has 0 saturated heterocycles. The average Bonchev–Trinajstić information content (AvgIpc) is 2.23. The van der Waals surface area contributed by atoms with Crippen LogP contribution in [0.15, 0.2) is 18.2 Å². The molecule has 1 aromatic rings. The molecule has 0 amide bonds. The average molecular weight is 225 g/mol. The van der Waals surface area contributed by atoms with E-state index in [0.717, 1.165) is 16.2 Å². The third-order valence-corrected chi connectivity index (χ3v) is 2.90. The molecule has 2 rings (SSSR count). The fraction of sp³-hybridized carbons (Fsp3) is 0.273. The molecule has 0 aliphatic carbocycles. The van der Waals surface area contributed by atoms with Crippen LogP contribution in [-0.4, -0.2) is 13.7 Å². The Balaban J connectivity index is 2.65. The molecule has 0 bridgehead atoms. The smallest absolute Gasteiger partial charge is 0.123 e. The maximum Gasteiger partial charge on any atom is 0.123 e. The summed E-state index contributed by atoms with van der Waals surface area (Å²) in [5, 5.41) is 13.2. The number of halogens is 1. The first-order valence-electron chi connectivity index (χ1n) is 4.63. The van der Waals surface area contributed by atoms with Crippen molar-refractivity contribution < 1.29 is 4.74 Å². The highest BCUT2D eigenvalue weighted by atomic mass is 35.5. The summed E-state index contributed by atoms with van der Waals surface area (Å²) in [4.78, 5) is 0. The number of hydrogen-bond acceptors (Lipinski definition) is 3. The number of benzene rings is 1. The maximum absolute atomic E-state index is 11.7. The zero-order valence-corrected chi connectivity index (χ0v) is 9.34. The van der Waals surface area contributed by atoms with Crippen molar-refractivity contribution >= 4 is 22.3 Å². The summed E-state index contributed by atoms with van der Waals surface area (Å²) >= 11 is 6.03. The minimum atomic E-state index is 0.292. The normalized spacial score (nSPS) is 14.7.